The zero-order valence-corrected chi connectivity index (χ0v) is 12.7. The molecule has 0 bridgehead atoms. The van der Waals surface area contributed by atoms with Crippen LogP contribution in [0.3, 0.4) is 0 Å². The number of nitrogens with zero attached hydrogens (tertiary/aromatic N) is 1. The quantitative estimate of drug-likeness (QED) is 0.854. The number of piperazine rings is 1. The summed E-state index contributed by atoms with van der Waals surface area (Å²) in [5, 5.41) is 3.54. The topological polar surface area (TPSA) is 15.3 Å². The first-order valence-electron chi connectivity index (χ1n) is 6.31. The summed E-state index contributed by atoms with van der Waals surface area (Å²) in [4.78, 5) is 2.25. The van der Waals surface area contributed by atoms with Crippen molar-refractivity contribution in [3.8, 4) is 0 Å². The number of anilines is 1. The highest BCUT2D eigenvalue weighted by molar-refractivity contribution is 9.10. The molecule has 2 nitrogen and oxygen atoms in total. The Morgan fingerprint density at radius 2 is 2.11 bits per heavy atom. The van der Waals surface area contributed by atoms with E-state index in [1.165, 1.54) is 6.07 Å². The fourth-order valence-corrected chi connectivity index (χ4v) is 2.77. The third-order valence-corrected chi connectivity index (χ3v) is 4.14. The number of benzene rings is 1. The van der Waals surface area contributed by atoms with E-state index < -0.39 is 0 Å². The minimum absolute atomic E-state index is 0.181. The van der Waals surface area contributed by atoms with Crippen molar-refractivity contribution >= 4 is 21.6 Å². The molecule has 1 heterocycles. The molecule has 1 aromatic rings. The van der Waals surface area contributed by atoms with E-state index in [4.69, 9.17) is 0 Å². The van der Waals surface area contributed by atoms with Crippen LogP contribution in [0.5, 0.6) is 0 Å². The van der Waals surface area contributed by atoms with Crippen molar-refractivity contribution < 1.29 is 4.39 Å². The lowest BCUT2D eigenvalue weighted by Crippen LogP contribution is -2.56. The van der Waals surface area contributed by atoms with Crippen LogP contribution in [-0.2, 0) is 0 Å². The van der Waals surface area contributed by atoms with Gasteiger partial charge >= 0.3 is 0 Å². The SMILES string of the molecule is CC(C)(C)C1CN(c2cc(F)ccc2Br)CCN1. The molecule has 0 aliphatic carbocycles. The third kappa shape index (κ3) is 3.04. The molecule has 1 aliphatic heterocycles. The first kappa shape index (κ1) is 13.8. The Hall–Kier alpha value is -0.610. The van der Waals surface area contributed by atoms with Crippen LogP contribution in [0.2, 0.25) is 0 Å². The highest BCUT2D eigenvalue weighted by Crippen LogP contribution is 2.30. The Morgan fingerprint density at radius 1 is 1.39 bits per heavy atom. The summed E-state index contributed by atoms with van der Waals surface area (Å²) in [5.74, 6) is -0.181. The van der Waals surface area contributed by atoms with E-state index in [9.17, 15) is 4.39 Å². The first-order chi connectivity index (χ1) is 8.38. The largest absolute Gasteiger partial charge is 0.368 e. The van der Waals surface area contributed by atoms with Gasteiger partial charge in [0.25, 0.3) is 0 Å². The Labute approximate surface area is 117 Å². The van der Waals surface area contributed by atoms with Crippen LogP contribution in [0.25, 0.3) is 0 Å². The third-order valence-electron chi connectivity index (χ3n) is 3.47. The molecule has 1 N–H and O–H groups in total. The highest BCUT2D eigenvalue weighted by Gasteiger charge is 2.29. The van der Waals surface area contributed by atoms with Crippen LogP contribution in [-0.4, -0.2) is 25.7 Å². The van der Waals surface area contributed by atoms with Gasteiger partial charge in [-0.1, -0.05) is 20.8 Å². The number of halogens is 2. The molecule has 1 aliphatic rings. The molecule has 0 spiro atoms. The molecular formula is C14H20BrFN2. The van der Waals surface area contributed by atoms with Crippen molar-refractivity contribution in [2.24, 2.45) is 5.41 Å². The molecule has 1 unspecified atom stereocenters. The summed E-state index contributed by atoms with van der Waals surface area (Å²) in [7, 11) is 0. The van der Waals surface area contributed by atoms with Gasteiger partial charge in [-0.3, -0.25) is 0 Å². The lowest BCUT2D eigenvalue weighted by atomic mass is 9.85. The molecule has 1 saturated heterocycles. The molecule has 0 radical (unpaired) electrons. The second-order valence-corrected chi connectivity index (χ2v) is 6.77. The molecule has 18 heavy (non-hydrogen) atoms. The lowest BCUT2D eigenvalue weighted by molar-refractivity contribution is 0.254. The average molecular weight is 315 g/mol. The molecule has 1 atom stereocenters. The molecule has 4 heteroatoms. The van der Waals surface area contributed by atoms with Crippen molar-refractivity contribution in [3.63, 3.8) is 0 Å². The highest BCUT2D eigenvalue weighted by atomic mass is 79.9. The minimum atomic E-state index is -0.181. The molecule has 0 saturated carbocycles. The average Bonchev–Trinajstić information content (AvgIpc) is 2.31. The smallest absolute Gasteiger partial charge is 0.125 e. The number of nitrogens with one attached hydrogen (secondary N) is 1. The van der Waals surface area contributed by atoms with E-state index in [2.05, 4.69) is 46.9 Å². The maximum atomic E-state index is 13.4. The van der Waals surface area contributed by atoms with Crippen molar-refractivity contribution in [3.05, 3.63) is 28.5 Å². The number of hydrogen-bond acceptors (Lipinski definition) is 2. The van der Waals surface area contributed by atoms with Crippen LogP contribution in [0, 0.1) is 11.2 Å². The van der Waals surface area contributed by atoms with E-state index in [1.54, 1.807) is 12.1 Å². The van der Waals surface area contributed by atoms with Crippen LogP contribution < -0.4 is 10.2 Å². The van der Waals surface area contributed by atoms with E-state index in [-0.39, 0.29) is 11.2 Å². The summed E-state index contributed by atoms with van der Waals surface area (Å²) in [6.45, 7) is 9.45. The monoisotopic (exact) mass is 314 g/mol. The van der Waals surface area contributed by atoms with Crippen LogP contribution in [0.15, 0.2) is 22.7 Å². The standard InChI is InChI=1S/C14H20BrFN2/c1-14(2,3)13-9-18(7-6-17-13)12-8-10(16)4-5-11(12)15/h4-5,8,13,17H,6-7,9H2,1-3H3. The van der Waals surface area contributed by atoms with Crippen LogP contribution >= 0.6 is 15.9 Å². The summed E-state index contributed by atoms with van der Waals surface area (Å²) in [6.07, 6.45) is 0. The van der Waals surface area contributed by atoms with Gasteiger partial charge in [-0.15, -0.1) is 0 Å². The Morgan fingerprint density at radius 3 is 2.78 bits per heavy atom. The fourth-order valence-electron chi connectivity index (χ4n) is 2.28. The van der Waals surface area contributed by atoms with Crippen molar-refractivity contribution in [2.45, 2.75) is 26.8 Å². The molecule has 0 amide bonds. The second kappa shape index (κ2) is 5.17. The van der Waals surface area contributed by atoms with E-state index >= 15 is 0 Å². The molecule has 0 aromatic heterocycles. The zero-order valence-electron chi connectivity index (χ0n) is 11.1. The zero-order chi connectivity index (χ0) is 13.3. The molecule has 2 rings (SSSR count). The predicted molar refractivity (Wildman–Crippen MR) is 77.6 cm³/mol. The van der Waals surface area contributed by atoms with Gasteiger partial charge in [-0.25, -0.2) is 4.39 Å². The Balaban J connectivity index is 2.21. The van der Waals surface area contributed by atoms with Crippen molar-refractivity contribution in [1.82, 2.24) is 5.32 Å². The second-order valence-electron chi connectivity index (χ2n) is 5.91. The number of hydrogen-bond donors (Lipinski definition) is 1. The summed E-state index contributed by atoms with van der Waals surface area (Å²) in [6, 6.07) is 5.28. The maximum absolute atomic E-state index is 13.4. The Bertz CT molecular complexity index is 428. The van der Waals surface area contributed by atoms with Crippen LogP contribution in [0.1, 0.15) is 20.8 Å². The molecule has 100 valence electrons. The van der Waals surface area contributed by atoms with Crippen molar-refractivity contribution in [2.75, 3.05) is 24.5 Å². The van der Waals surface area contributed by atoms with Crippen molar-refractivity contribution in [1.29, 1.82) is 0 Å². The summed E-state index contributed by atoms with van der Waals surface area (Å²) >= 11 is 3.51. The maximum Gasteiger partial charge on any atom is 0.125 e. The molecule has 1 aromatic carbocycles. The van der Waals surface area contributed by atoms with Crippen LogP contribution in [0.4, 0.5) is 10.1 Å². The van der Waals surface area contributed by atoms with E-state index in [0.29, 0.717) is 6.04 Å². The van der Waals surface area contributed by atoms with E-state index in [0.717, 1.165) is 29.8 Å². The Kier molecular flexibility index (Phi) is 3.97. The normalized spacial score (nSPS) is 21.2. The van der Waals surface area contributed by atoms with Gasteiger partial charge in [0.15, 0.2) is 0 Å². The summed E-state index contributed by atoms with van der Waals surface area (Å²) in [5.41, 5.74) is 1.16. The first-order valence-corrected chi connectivity index (χ1v) is 7.10. The predicted octanol–water partition coefficient (Wildman–Crippen LogP) is 3.41. The number of rotatable bonds is 1. The minimum Gasteiger partial charge on any atom is -0.368 e. The van der Waals surface area contributed by atoms with Gasteiger partial charge < -0.3 is 10.2 Å². The van der Waals surface area contributed by atoms with Gasteiger partial charge in [0.1, 0.15) is 5.82 Å². The van der Waals surface area contributed by atoms with Gasteiger partial charge in [-0.05, 0) is 39.5 Å². The van der Waals surface area contributed by atoms with Gasteiger partial charge in [0, 0.05) is 30.1 Å². The molecular weight excluding hydrogens is 295 g/mol. The van der Waals surface area contributed by atoms with Gasteiger partial charge in [0.05, 0.1) is 5.69 Å². The van der Waals surface area contributed by atoms with E-state index in [1.807, 2.05) is 0 Å². The van der Waals surface area contributed by atoms with Gasteiger partial charge in [-0.2, -0.15) is 0 Å². The fraction of sp³-hybridized carbons (Fsp3) is 0.571. The molecule has 1 fully saturated rings. The van der Waals surface area contributed by atoms with Gasteiger partial charge in [0.2, 0.25) is 0 Å². The summed E-state index contributed by atoms with van der Waals surface area (Å²) < 4.78 is 14.3. The lowest BCUT2D eigenvalue weighted by Gasteiger charge is -2.41.